The molecule has 0 unspecified atom stereocenters. The molecule has 0 amide bonds. The van der Waals surface area contributed by atoms with Crippen molar-refractivity contribution in [3.63, 3.8) is 0 Å². The number of hydrogen-bond acceptors (Lipinski definition) is 4. The number of esters is 1. The molecule has 3 rings (SSSR count). The van der Waals surface area contributed by atoms with Crippen molar-refractivity contribution in [3.05, 3.63) is 29.5 Å². The fourth-order valence-corrected chi connectivity index (χ4v) is 2.65. The van der Waals surface area contributed by atoms with Crippen molar-refractivity contribution < 1.29 is 18.7 Å². The lowest BCUT2D eigenvalue weighted by Gasteiger charge is -2.09. The first-order valence-corrected chi connectivity index (χ1v) is 7.10. The molecule has 0 radical (unpaired) electrons. The number of carbonyl (C=O) groups is 1. The van der Waals surface area contributed by atoms with E-state index in [0.717, 1.165) is 29.6 Å². The largest absolute Gasteiger partial charge is 0.461 e. The third-order valence-electron chi connectivity index (χ3n) is 3.58. The zero-order valence-corrected chi connectivity index (χ0v) is 11.6. The molecule has 2 aromatic rings. The summed E-state index contributed by atoms with van der Waals surface area (Å²) >= 11 is 0. The van der Waals surface area contributed by atoms with Crippen LogP contribution in [-0.2, 0) is 22.4 Å². The summed E-state index contributed by atoms with van der Waals surface area (Å²) in [6, 6.07) is 5.53. The summed E-state index contributed by atoms with van der Waals surface area (Å²) in [5, 5.41) is 1.07. The van der Waals surface area contributed by atoms with Crippen molar-refractivity contribution >= 4 is 16.9 Å². The van der Waals surface area contributed by atoms with E-state index in [1.807, 2.05) is 19.1 Å². The van der Waals surface area contributed by atoms with Crippen LogP contribution in [0.4, 0.5) is 0 Å². The summed E-state index contributed by atoms with van der Waals surface area (Å²) in [5.41, 5.74) is 2.15. The maximum atomic E-state index is 11.6. The van der Waals surface area contributed by atoms with Crippen LogP contribution in [0.25, 0.3) is 11.0 Å². The van der Waals surface area contributed by atoms with Crippen LogP contribution < -0.4 is 4.74 Å². The highest BCUT2D eigenvalue weighted by Crippen LogP contribution is 2.33. The highest BCUT2D eigenvalue weighted by Gasteiger charge is 2.18. The fraction of sp³-hybridized carbons (Fsp3) is 0.438. The lowest BCUT2D eigenvalue weighted by atomic mass is 9.96. The number of ether oxygens (including phenoxy) is 2. The molecule has 0 spiro atoms. The van der Waals surface area contributed by atoms with E-state index in [-0.39, 0.29) is 12.6 Å². The lowest BCUT2D eigenvalue weighted by Crippen LogP contribution is -2.15. The third kappa shape index (κ3) is 2.56. The van der Waals surface area contributed by atoms with E-state index in [4.69, 9.17) is 13.9 Å². The molecule has 0 atom stereocenters. The molecule has 106 valence electrons. The van der Waals surface area contributed by atoms with Gasteiger partial charge >= 0.3 is 5.97 Å². The first kappa shape index (κ1) is 13.2. The molecule has 0 saturated carbocycles. The lowest BCUT2D eigenvalue weighted by molar-refractivity contribution is -0.139. The molecule has 1 heterocycles. The topological polar surface area (TPSA) is 48.7 Å². The molecule has 1 aromatic heterocycles. The number of hydrogen-bond donors (Lipinski definition) is 0. The number of rotatable bonds is 4. The molecule has 1 aliphatic carbocycles. The van der Waals surface area contributed by atoms with Crippen molar-refractivity contribution in [3.8, 4) is 5.75 Å². The Labute approximate surface area is 117 Å². The van der Waals surface area contributed by atoms with Gasteiger partial charge in [-0.25, -0.2) is 4.79 Å². The predicted molar refractivity (Wildman–Crippen MR) is 75.0 cm³/mol. The van der Waals surface area contributed by atoms with Crippen LogP contribution in [0.3, 0.4) is 0 Å². The van der Waals surface area contributed by atoms with Crippen LogP contribution in [0.5, 0.6) is 5.75 Å². The van der Waals surface area contributed by atoms with Crippen molar-refractivity contribution in [1.82, 2.24) is 0 Å². The minimum absolute atomic E-state index is 0.0158. The normalized spacial score (nSPS) is 14.2. The van der Waals surface area contributed by atoms with Gasteiger partial charge in [-0.15, -0.1) is 0 Å². The summed E-state index contributed by atoms with van der Waals surface area (Å²) in [7, 11) is 0. The second kappa shape index (κ2) is 5.67. The summed E-state index contributed by atoms with van der Waals surface area (Å²) in [4.78, 5) is 11.6. The van der Waals surface area contributed by atoms with E-state index in [9.17, 15) is 4.79 Å². The maximum absolute atomic E-state index is 11.6. The van der Waals surface area contributed by atoms with Gasteiger partial charge in [-0.05, 0) is 44.4 Å². The number of carbonyl (C=O) groups excluding carboxylic acids is 1. The molecular formula is C16H18O4. The number of furan rings is 1. The Morgan fingerprint density at radius 3 is 3.00 bits per heavy atom. The maximum Gasteiger partial charge on any atom is 0.337 e. The average Bonchev–Trinajstić information content (AvgIpc) is 2.83. The molecule has 0 aliphatic heterocycles. The Hall–Kier alpha value is -1.81. The van der Waals surface area contributed by atoms with Gasteiger partial charge in [-0.1, -0.05) is 0 Å². The SMILES string of the molecule is CCOCC(=O)Oc1ccc2oc3c(c2c1)CCCC3. The van der Waals surface area contributed by atoms with Crippen LogP contribution in [-0.4, -0.2) is 19.2 Å². The Bertz CT molecular complexity index is 627. The van der Waals surface area contributed by atoms with Gasteiger partial charge in [0.2, 0.25) is 0 Å². The van der Waals surface area contributed by atoms with E-state index >= 15 is 0 Å². The van der Waals surface area contributed by atoms with Crippen molar-refractivity contribution in [2.24, 2.45) is 0 Å². The van der Waals surface area contributed by atoms with Crippen molar-refractivity contribution in [2.45, 2.75) is 32.6 Å². The number of aryl methyl sites for hydroxylation is 2. The highest BCUT2D eigenvalue weighted by molar-refractivity contribution is 5.85. The van der Waals surface area contributed by atoms with Gasteiger partial charge in [0, 0.05) is 24.0 Å². The van der Waals surface area contributed by atoms with Crippen molar-refractivity contribution in [2.75, 3.05) is 13.2 Å². The minimum Gasteiger partial charge on any atom is -0.461 e. The Balaban J connectivity index is 1.84. The summed E-state index contributed by atoms with van der Waals surface area (Å²) < 4.78 is 16.2. The van der Waals surface area contributed by atoms with Crippen LogP contribution in [0.2, 0.25) is 0 Å². The monoisotopic (exact) mass is 274 g/mol. The van der Waals surface area contributed by atoms with Gasteiger partial charge in [0.15, 0.2) is 0 Å². The molecule has 0 N–H and O–H groups in total. The van der Waals surface area contributed by atoms with E-state index in [0.29, 0.717) is 12.4 Å². The van der Waals surface area contributed by atoms with E-state index in [1.54, 1.807) is 6.07 Å². The second-order valence-electron chi connectivity index (χ2n) is 4.98. The molecule has 1 aromatic carbocycles. The zero-order valence-electron chi connectivity index (χ0n) is 11.6. The van der Waals surface area contributed by atoms with Crippen molar-refractivity contribution in [1.29, 1.82) is 0 Å². The molecule has 20 heavy (non-hydrogen) atoms. The Morgan fingerprint density at radius 2 is 2.15 bits per heavy atom. The quantitative estimate of drug-likeness (QED) is 0.634. The molecule has 1 aliphatic rings. The standard InChI is InChI=1S/C16H18O4/c1-2-18-10-16(17)19-11-7-8-15-13(9-11)12-5-3-4-6-14(12)20-15/h7-9H,2-6,10H2,1H3. The number of fused-ring (bicyclic) bond motifs is 3. The molecular weight excluding hydrogens is 256 g/mol. The van der Waals surface area contributed by atoms with Crippen LogP contribution in [0, 0.1) is 0 Å². The van der Waals surface area contributed by atoms with Gasteiger partial charge in [0.25, 0.3) is 0 Å². The highest BCUT2D eigenvalue weighted by atomic mass is 16.6. The fourth-order valence-electron chi connectivity index (χ4n) is 2.65. The van der Waals surface area contributed by atoms with Gasteiger partial charge in [0.1, 0.15) is 23.7 Å². The van der Waals surface area contributed by atoms with E-state index in [1.165, 1.54) is 18.4 Å². The van der Waals surface area contributed by atoms with Gasteiger partial charge in [-0.2, -0.15) is 0 Å². The zero-order chi connectivity index (χ0) is 13.9. The predicted octanol–water partition coefficient (Wildman–Crippen LogP) is 3.25. The summed E-state index contributed by atoms with van der Waals surface area (Å²) in [6.45, 7) is 2.33. The van der Waals surface area contributed by atoms with E-state index < -0.39 is 0 Å². The van der Waals surface area contributed by atoms with E-state index in [2.05, 4.69) is 0 Å². The third-order valence-corrected chi connectivity index (χ3v) is 3.58. The summed E-state index contributed by atoms with van der Waals surface area (Å²) in [6.07, 6.45) is 4.42. The summed E-state index contributed by atoms with van der Waals surface area (Å²) in [5.74, 6) is 1.27. The molecule has 4 nitrogen and oxygen atoms in total. The van der Waals surface area contributed by atoms with Crippen LogP contribution >= 0.6 is 0 Å². The molecule has 0 saturated heterocycles. The first-order valence-electron chi connectivity index (χ1n) is 7.10. The Morgan fingerprint density at radius 1 is 1.30 bits per heavy atom. The average molecular weight is 274 g/mol. The molecule has 4 heteroatoms. The van der Waals surface area contributed by atoms with Gasteiger partial charge in [-0.3, -0.25) is 0 Å². The van der Waals surface area contributed by atoms with Gasteiger partial charge in [0.05, 0.1) is 0 Å². The molecule has 0 fully saturated rings. The molecule has 0 bridgehead atoms. The van der Waals surface area contributed by atoms with Crippen LogP contribution in [0.1, 0.15) is 31.1 Å². The minimum atomic E-state index is -0.372. The first-order chi connectivity index (χ1) is 9.78. The Kier molecular flexibility index (Phi) is 3.74. The second-order valence-corrected chi connectivity index (χ2v) is 4.98. The smallest absolute Gasteiger partial charge is 0.337 e. The van der Waals surface area contributed by atoms with Gasteiger partial charge < -0.3 is 13.9 Å². The van der Waals surface area contributed by atoms with Crippen LogP contribution in [0.15, 0.2) is 22.6 Å². The number of benzene rings is 1.